The Bertz CT molecular complexity index is 2040. The number of para-hydroxylation sites is 2. The van der Waals surface area contributed by atoms with Crippen molar-refractivity contribution < 1.29 is 19.4 Å². The largest absolute Gasteiger partial charge is 0.392 e. The molecule has 1 saturated heterocycles. The Kier molecular flexibility index (Phi) is 10.3. The third-order valence-corrected chi connectivity index (χ3v) is 9.06. The van der Waals surface area contributed by atoms with E-state index in [0.29, 0.717) is 12.1 Å². The Morgan fingerprint density at radius 2 is 1.50 bits per heavy atom. The van der Waals surface area contributed by atoms with E-state index in [9.17, 15) is 9.90 Å². The molecule has 0 bridgehead atoms. The molecule has 1 amide bonds. The first-order valence-electron chi connectivity index (χ1n) is 16.9. The lowest BCUT2D eigenvalue weighted by Gasteiger charge is -2.38. The summed E-state index contributed by atoms with van der Waals surface area (Å²) in [5.41, 5.74) is 8.87. The Labute approximate surface area is 292 Å². The van der Waals surface area contributed by atoms with Gasteiger partial charge >= 0.3 is 0 Å². The average Bonchev–Trinajstić information content (AvgIpc) is 3.17. The second kappa shape index (κ2) is 15.5. The van der Waals surface area contributed by atoms with Crippen molar-refractivity contribution in [3.05, 3.63) is 167 Å². The summed E-state index contributed by atoms with van der Waals surface area (Å²) in [4.78, 5) is 24.2. The molecule has 0 spiro atoms. The van der Waals surface area contributed by atoms with Crippen molar-refractivity contribution in [2.75, 3.05) is 13.6 Å². The van der Waals surface area contributed by atoms with Gasteiger partial charge in [0.25, 0.3) is 5.91 Å². The van der Waals surface area contributed by atoms with Crippen LogP contribution in [0.25, 0.3) is 22.2 Å². The molecule has 5 aromatic carbocycles. The predicted octanol–water partition coefficient (Wildman–Crippen LogP) is 7.40. The Morgan fingerprint density at radius 3 is 2.28 bits per heavy atom. The highest BCUT2D eigenvalue weighted by Crippen LogP contribution is 2.39. The fraction of sp³-hybridized carbons (Fsp3) is 0.214. The minimum Gasteiger partial charge on any atom is -0.392 e. The maximum absolute atomic E-state index is 13.0. The van der Waals surface area contributed by atoms with Crippen molar-refractivity contribution in [1.29, 1.82) is 0 Å². The number of aliphatic hydroxyl groups excluding tert-OH is 1. The first kappa shape index (κ1) is 33.3. The van der Waals surface area contributed by atoms with Crippen LogP contribution >= 0.6 is 0 Å². The molecule has 3 atom stereocenters. The number of carbonyl (C=O) groups excluding carboxylic acids is 1. The van der Waals surface area contributed by atoms with Gasteiger partial charge in [0, 0.05) is 31.6 Å². The van der Waals surface area contributed by atoms with Gasteiger partial charge in [0.1, 0.15) is 5.69 Å². The molecule has 6 aromatic rings. The summed E-state index contributed by atoms with van der Waals surface area (Å²) in [5.74, 6) is -0.274. The van der Waals surface area contributed by atoms with E-state index in [2.05, 4.69) is 81.8 Å². The van der Waals surface area contributed by atoms with Crippen molar-refractivity contribution in [2.45, 2.75) is 44.6 Å². The number of hydrogen-bond acceptors (Lipinski definition) is 7. The maximum Gasteiger partial charge on any atom is 0.271 e. The van der Waals surface area contributed by atoms with Gasteiger partial charge in [-0.05, 0) is 52.6 Å². The minimum atomic E-state index is -0.548. The van der Waals surface area contributed by atoms with Crippen LogP contribution in [0, 0.1) is 0 Å². The lowest BCUT2D eigenvalue weighted by molar-refractivity contribution is -0.252. The average molecular weight is 665 g/mol. The number of fused-ring (bicyclic) bond motifs is 1. The lowest BCUT2D eigenvalue weighted by Crippen LogP contribution is -2.37. The molecule has 252 valence electrons. The Balaban J connectivity index is 1.06. The minimum absolute atomic E-state index is 0.00539. The monoisotopic (exact) mass is 664 g/mol. The lowest BCUT2D eigenvalue weighted by atomic mass is 9.97. The van der Waals surface area contributed by atoms with E-state index in [4.69, 9.17) is 9.47 Å². The number of carbonyl (C=O) groups is 1. The zero-order valence-electron chi connectivity index (χ0n) is 28.0. The molecule has 0 radical (unpaired) electrons. The number of aliphatic hydroxyl groups is 1. The quantitative estimate of drug-likeness (QED) is 0.149. The number of amides is 1. The van der Waals surface area contributed by atoms with Gasteiger partial charge < -0.3 is 19.9 Å². The SMILES string of the molecule is CN(Cc1ccccc1)C[C@H]1C[C@@H](c2ccc(CO)cc2)O[C@@H](c2ccc(-c3ccccc3CNC(=O)c3cnc4ccccc4n3)cc2)O1. The van der Waals surface area contributed by atoms with Crippen LogP contribution in [0.1, 0.15) is 57.1 Å². The molecule has 50 heavy (non-hydrogen) atoms. The second-order valence-corrected chi connectivity index (χ2v) is 12.7. The first-order valence-corrected chi connectivity index (χ1v) is 16.9. The highest BCUT2D eigenvalue weighted by Gasteiger charge is 2.33. The molecule has 7 rings (SSSR count). The summed E-state index contributed by atoms with van der Waals surface area (Å²) in [7, 11) is 2.12. The number of ether oxygens (including phenoxy) is 2. The zero-order valence-corrected chi connectivity index (χ0v) is 28.0. The first-order chi connectivity index (χ1) is 24.5. The summed E-state index contributed by atoms with van der Waals surface area (Å²) >= 11 is 0. The number of nitrogens with zero attached hydrogens (tertiary/aromatic N) is 3. The summed E-state index contributed by atoms with van der Waals surface area (Å²) in [6.07, 6.45) is 1.47. The third kappa shape index (κ3) is 7.96. The highest BCUT2D eigenvalue weighted by molar-refractivity contribution is 5.93. The van der Waals surface area contributed by atoms with Crippen LogP contribution in [-0.2, 0) is 29.2 Å². The molecule has 1 aliphatic rings. The van der Waals surface area contributed by atoms with Crippen LogP contribution in [0.2, 0.25) is 0 Å². The highest BCUT2D eigenvalue weighted by atomic mass is 16.7. The molecular formula is C42H40N4O4. The van der Waals surface area contributed by atoms with Crippen LogP contribution in [-0.4, -0.2) is 45.6 Å². The van der Waals surface area contributed by atoms with Gasteiger partial charge in [-0.25, -0.2) is 4.98 Å². The van der Waals surface area contributed by atoms with E-state index in [-0.39, 0.29) is 30.4 Å². The molecule has 2 N–H and O–H groups in total. The molecule has 1 aromatic heterocycles. The zero-order chi connectivity index (χ0) is 34.3. The van der Waals surface area contributed by atoms with Crippen LogP contribution in [0.15, 0.2) is 134 Å². The van der Waals surface area contributed by atoms with Crippen LogP contribution in [0.3, 0.4) is 0 Å². The van der Waals surface area contributed by atoms with Gasteiger partial charge in [-0.3, -0.25) is 14.7 Å². The second-order valence-electron chi connectivity index (χ2n) is 12.7. The van der Waals surface area contributed by atoms with Crippen LogP contribution < -0.4 is 5.32 Å². The molecule has 0 unspecified atom stereocenters. The van der Waals surface area contributed by atoms with Gasteiger partial charge in [0.2, 0.25) is 0 Å². The summed E-state index contributed by atoms with van der Waals surface area (Å²) in [6, 6.07) is 42.2. The van der Waals surface area contributed by atoms with E-state index in [1.54, 1.807) is 0 Å². The number of benzene rings is 5. The maximum atomic E-state index is 13.0. The van der Waals surface area contributed by atoms with Crippen molar-refractivity contribution in [3.63, 3.8) is 0 Å². The van der Waals surface area contributed by atoms with E-state index >= 15 is 0 Å². The molecule has 0 aliphatic carbocycles. The smallest absolute Gasteiger partial charge is 0.271 e. The molecule has 1 fully saturated rings. The van der Waals surface area contributed by atoms with Gasteiger partial charge in [0.15, 0.2) is 6.29 Å². The van der Waals surface area contributed by atoms with Crippen molar-refractivity contribution in [2.24, 2.45) is 0 Å². The van der Waals surface area contributed by atoms with Gasteiger partial charge in [-0.1, -0.05) is 115 Å². The van der Waals surface area contributed by atoms with Gasteiger partial charge in [0.05, 0.1) is 36.0 Å². The normalized spacial score (nSPS) is 17.5. The number of nitrogens with one attached hydrogen (secondary N) is 1. The van der Waals surface area contributed by atoms with Crippen molar-refractivity contribution >= 4 is 16.9 Å². The molecule has 8 nitrogen and oxygen atoms in total. The van der Waals surface area contributed by atoms with Crippen molar-refractivity contribution in [1.82, 2.24) is 20.2 Å². The Morgan fingerprint density at radius 1 is 0.800 bits per heavy atom. The fourth-order valence-corrected chi connectivity index (χ4v) is 6.45. The third-order valence-electron chi connectivity index (χ3n) is 9.06. The molecule has 8 heteroatoms. The van der Waals surface area contributed by atoms with E-state index in [1.807, 2.05) is 72.8 Å². The fourth-order valence-electron chi connectivity index (χ4n) is 6.45. The molecule has 0 saturated carbocycles. The van der Waals surface area contributed by atoms with Gasteiger partial charge in [-0.15, -0.1) is 0 Å². The van der Waals surface area contributed by atoms with Crippen LogP contribution in [0.4, 0.5) is 0 Å². The summed E-state index contributed by atoms with van der Waals surface area (Å²) in [6.45, 7) is 1.93. The number of aromatic nitrogens is 2. The van der Waals surface area contributed by atoms with Crippen molar-refractivity contribution in [3.8, 4) is 11.1 Å². The van der Waals surface area contributed by atoms with Crippen LogP contribution in [0.5, 0.6) is 0 Å². The summed E-state index contributed by atoms with van der Waals surface area (Å²) < 4.78 is 13.2. The molecular weight excluding hydrogens is 624 g/mol. The molecule has 2 heterocycles. The van der Waals surface area contributed by atoms with E-state index < -0.39 is 6.29 Å². The standard InChI is InChI=1S/C42H40N4O4/c1-46(26-29-9-3-2-4-10-29)27-35-23-40(32-17-15-30(28-47)16-18-32)50-42(49-35)33-21-19-31(20-22-33)36-12-6-5-11-34(36)24-44-41(48)39-25-43-37-13-7-8-14-38(37)45-39/h2-22,25,35,40,42,47H,23-24,26-28H2,1H3,(H,44,48)/t35-,40+,42+/m1/s1. The predicted molar refractivity (Wildman–Crippen MR) is 194 cm³/mol. The number of rotatable bonds is 11. The van der Waals surface area contributed by atoms with E-state index in [0.717, 1.165) is 58.4 Å². The van der Waals surface area contributed by atoms with Gasteiger partial charge in [-0.2, -0.15) is 0 Å². The van der Waals surface area contributed by atoms with E-state index in [1.165, 1.54) is 11.8 Å². The summed E-state index contributed by atoms with van der Waals surface area (Å²) in [5, 5.41) is 12.6. The number of likely N-dealkylation sites (N-methyl/N-ethyl adjacent to an activating group) is 1. The molecule has 1 aliphatic heterocycles. The number of hydrogen-bond donors (Lipinski definition) is 2. The topological polar surface area (TPSA) is 96.8 Å². The Hall–Kier alpha value is -5.25.